The molecule has 0 spiro atoms. The summed E-state index contributed by atoms with van der Waals surface area (Å²) in [4.78, 5) is 24.7. The van der Waals surface area contributed by atoms with Crippen molar-refractivity contribution in [2.75, 3.05) is 7.11 Å². The molecule has 1 aliphatic rings. The molecule has 7 heteroatoms. The van der Waals surface area contributed by atoms with Crippen LogP contribution in [0.15, 0.2) is 31.0 Å². The van der Waals surface area contributed by atoms with Crippen LogP contribution in [0.2, 0.25) is 0 Å². The van der Waals surface area contributed by atoms with E-state index in [-0.39, 0.29) is 13.4 Å². The molecule has 2 aromatic rings. The van der Waals surface area contributed by atoms with Gasteiger partial charge in [0.2, 0.25) is 5.95 Å². The number of aliphatic hydroxyl groups is 1. The Morgan fingerprint density at radius 2 is 2.04 bits per heavy atom. The second-order valence-corrected chi connectivity index (χ2v) is 5.64. The van der Waals surface area contributed by atoms with E-state index in [4.69, 9.17) is 5.11 Å². The van der Waals surface area contributed by atoms with Crippen LogP contribution >= 0.6 is 0 Å². The topological polar surface area (TPSA) is 92.9 Å². The van der Waals surface area contributed by atoms with Crippen molar-refractivity contribution in [2.24, 2.45) is 5.92 Å². The number of hydrogen-bond donors (Lipinski definition) is 2. The second kappa shape index (κ2) is 8.38. The van der Waals surface area contributed by atoms with Gasteiger partial charge in [-0.15, -0.1) is 0 Å². The quantitative estimate of drug-likeness (QED) is 0.900. The predicted molar refractivity (Wildman–Crippen MR) is 88.3 cm³/mol. The SMILES string of the molecule is CC1CCC(NC(=O)c2ccnc(-n3ccnc3)n2)CC1.CO.[HH]. The molecular formula is C16H25N5O2. The van der Waals surface area contributed by atoms with Gasteiger partial charge in [0.15, 0.2) is 0 Å². The number of nitrogens with one attached hydrogen (secondary N) is 1. The van der Waals surface area contributed by atoms with E-state index in [1.807, 2.05) is 0 Å². The molecule has 7 nitrogen and oxygen atoms in total. The third-order valence-electron chi connectivity index (χ3n) is 3.96. The maximum Gasteiger partial charge on any atom is 0.270 e. The van der Waals surface area contributed by atoms with E-state index in [1.54, 1.807) is 35.6 Å². The molecule has 0 bridgehead atoms. The summed E-state index contributed by atoms with van der Waals surface area (Å²) in [6.07, 6.45) is 11.1. The fourth-order valence-electron chi connectivity index (χ4n) is 2.64. The van der Waals surface area contributed by atoms with E-state index in [0.29, 0.717) is 11.6 Å². The highest BCUT2D eigenvalue weighted by Gasteiger charge is 2.21. The summed E-state index contributed by atoms with van der Waals surface area (Å²) in [6, 6.07) is 1.90. The maximum absolute atomic E-state index is 12.3. The van der Waals surface area contributed by atoms with Crippen LogP contribution in [0, 0.1) is 5.92 Å². The number of rotatable bonds is 3. The lowest BCUT2D eigenvalue weighted by atomic mass is 9.87. The Balaban J connectivity index is 0.000000925. The summed E-state index contributed by atoms with van der Waals surface area (Å²) < 4.78 is 1.68. The molecule has 1 amide bonds. The van der Waals surface area contributed by atoms with Gasteiger partial charge in [0.05, 0.1) is 0 Å². The molecule has 126 valence electrons. The Morgan fingerprint density at radius 3 is 2.70 bits per heavy atom. The maximum atomic E-state index is 12.3. The zero-order valence-corrected chi connectivity index (χ0v) is 13.5. The molecule has 0 radical (unpaired) electrons. The van der Waals surface area contributed by atoms with Gasteiger partial charge in [-0.3, -0.25) is 9.36 Å². The lowest BCUT2D eigenvalue weighted by molar-refractivity contribution is 0.0917. The zero-order chi connectivity index (χ0) is 16.7. The Morgan fingerprint density at radius 1 is 1.30 bits per heavy atom. The Labute approximate surface area is 137 Å². The van der Waals surface area contributed by atoms with E-state index in [0.717, 1.165) is 25.9 Å². The average Bonchev–Trinajstić information content (AvgIpc) is 3.13. The lowest BCUT2D eigenvalue weighted by Gasteiger charge is -2.26. The first kappa shape index (κ1) is 17.1. The highest BCUT2D eigenvalue weighted by atomic mass is 16.2. The largest absolute Gasteiger partial charge is 0.400 e. The van der Waals surface area contributed by atoms with Crippen LogP contribution in [0.5, 0.6) is 0 Å². The molecule has 0 aromatic carbocycles. The molecule has 0 unspecified atom stereocenters. The summed E-state index contributed by atoms with van der Waals surface area (Å²) in [5, 5.41) is 10.1. The number of carbonyl (C=O) groups excluding carboxylic acids is 1. The summed E-state index contributed by atoms with van der Waals surface area (Å²) in [5.41, 5.74) is 0.396. The Hall–Kier alpha value is -2.28. The zero-order valence-electron chi connectivity index (χ0n) is 13.5. The Bertz CT molecular complexity index is 613. The van der Waals surface area contributed by atoms with Gasteiger partial charge in [0.25, 0.3) is 5.91 Å². The number of aromatic nitrogens is 4. The van der Waals surface area contributed by atoms with Crippen LogP contribution in [0.3, 0.4) is 0 Å². The van der Waals surface area contributed by atoms with Gasteiger partial charge in [-0.2, -0.15) is 0 Å². The molecule has 2 aromatic heterocycles. The van der Waals surface area contributed by atoms with Crippen molar-refractivity contribution in [3.63, 3.8) is 0 Å². The van der Waals surface area contributed by atoms with Crippen LogP contribution in [0.25, 0.3) is 5.95 Å². The summed E-state index contributed by atoms with van der Waals surface area (Å²) in [6.45, 7) is 2.26. The monoisotopic (exact) mass is 319 g/mol. The average molecular weight is 319 g/mol. The number of imidazole rings is 1. The van der Waals surface area contributed by atoms with Crippen LogP contribution in [0.4, 0.5) is 0 Å². The smallest absolute Gasteiger partial charge is 0.270 e. The van der Waals surface area contributed by atoms with Crippen molar-refractivity contribution in [3.8, 4) is 5.95 Å². The van der Waals surface area contributed by atoms with Crippen molar-refractivity contribution in [1.29, 1.82) is 0 Å². The molecule has 3 rings (SSSR count). The first-order valence-electron chi connectivity index (χ1n) is 7.79. The molecule has 0 aliphatic heterocycles. The summed E-state index contributed by atoms with van der Waals surface area (Å²) >= 11 is 0. The molecule has 0 saturated heterocycles. The minimum Gasteiger partial charge on any atom is -0.400 e. The van der Waals surface area contributed by atoms with Gasteiger partial charge >= 0.3 is 0 Å². The van der Waals surface area contributed by atoms with Gasteiger partial charge in [0, 0.05) is 33.2 Å². The molecular weight excluding hydrogens is 294 g/mol. The third-order valence-corrected chi connectivity index (χ3v) is 3.96. The van der Waals surface area contributed by atoms with E-state index in [9.17, 15) is 4.79 Å². The van der Waals surface area contributed by atoms with Crippen molar-refractivity contribution >= 4 is 5.91 Å². The standard InChI is InChI=1S/C15H19N5O.CH4O.H2/c1-11-2-4-12(5-3-11)18-14(21)13-6-7-17-15(19-13)20-9-8-16-10-20;1-2;/h6-12H,2-5H2,1H3,(H,18,21);2H,1H3;1H. The predicted octanol–water partition coefficient (Wildman–Crippen LogP) is 1.83. The number of aliphatic hydroxyl groups excluding tert-OH is 1. The molecule has 1 saturated carbocycles. The molecule has 1 fully saturated rings. The lowest BCUT2D eigenvalue weighted by Crippen LogP contribution is -2.37. The second-order valence-electron chi connectivity index (χ2n) is 5.64. The van der Waals surface area contributed by atoms with Crippen molar-refractivity contribution < 1.29 is 11.3 Å². The van der Waals surface area contributed by atoms with E-state index in [2.05, 4.69) is 27.2 Å². The fourth-order valence-corrected chi connectivity index (χ4v) is 2.64. The van der Waals surface area contributed by atoms with Crippen LogP contribution in [-0.2, 0) is 0 Å². The fraction of sp³-hybridized carbons (Fsp3) is 0.500. The van der Waals surface area contributed by atoms with Crippen molar-refractivity contribution in [1.82, 2.24) is 24.8 Å². The highest BCUT2D eigenvalue weighted by molar-refractivity contribution is 5.92. The van der Waals surface area contributed by atoms with Crippen molar-refractivity contribution in [2.45, 2.75) is 38.6 Å². The van der Waals surface area contributed by atoms with Crippen LogP contribution in [-0.4, -0.2) is 43.7 Å². The molecule has 1 aliphatic carbocycles. The van der Waals surface area contributed by atoms with Gasteiger partial charge < -0.3 is 10.4 Å². The van der Waals surface area contributed by atoms with Gasteiger partial charge in [-0.05, 0) is 37.7 Å². The van der Waals surface area contributed by atoms with Gasteiger partial charge in [-0.25, -0.2) is 15.0 Å². The molecule has 0 atom stereocenters. The normalized spacial score (nSPS) is 20.3. The van der Waals surface area contributed by atoms with Gasteiger partial charge in [-0.1, -0.05) is 6.92 Å². The van der Waals surface area contributed by atoms with E-state index in [1.165, 1.54) is 12.8 Å². The molecule has 23 heavy (non-hydrogen) atoms. The van der Waals surface area contributed by atoms with E-state index >= 15 is 0 Å². The van der Waals surface area contributed by atoms with Crippen molar-refractivity contribution in [3.05, 3.63) is 36.7 Å². The molecule has 2 heterocycles. The van der Waals surface area contributed by atoms with Gasteiger partial charge in [0.1, 0.15) is 12.0 Å². The first-order chi connectivity index (χ1) is 11.2. The molecule has 2 N–H and O–H groups in total. The minimum atomic E-state index is -0.127. The summed E-state index contributed by atoms with van der Waals surface area (Å²) in [7, 11) is 1.00. The highest BCUT2D eigenvalue weighted by Crippen LogP contribution is 2.23. The summed E-state index contributed by atoms with van der Waals surface area (Å²) in [5.74, 6) is 1.10. The number of carbonyl (C=O) groups is 1. The number of hydrogen-bond acceptors (Lipinski definition) is 5. The van der Waals surface area contributed by atoms with Crippen LogP contribution in [0.1, 0.15) is 44.5 Å². The van der Waals surface area contributed by atoms with Crippen LogP contribution < -0.4 is 5.32 Å². The number of amides is 1. The first-order valence-corrected chi connectivity index (χ1v) is 7.79. The third kappa shape index (κ3) is 4.59. The minimum absolute atomic E-state index is 0. The Kier molecular flexibility index (Phi) is 6.22. The number of nitrogens with zero attached hydrogens (tertiary/aromatic N) is 4. The van der Waals surface area contributed by atoms with E-state index < -0.39 is 0 Å².